The Morgan fingerprint density at radius 3 is 1.95 bits per heavy atom. The largest absolute Gasteiger partial charge is 0.478 e. The zero-order chi connectivity index (χ0) is 27.4. The fourth-order valence-electron chi connectivity index (χ4n) is 4.42. The predicted molar refractivity (Wildman–Crippen MR) is 139 cm³/mol. The zero-order valence-electron chi connectivity index (χ0n) is 21.1. The quantitative estimate of drug-likeness (QED) is 0.413. The van der Waals surface area contributed by atoms with Crippen LogP contribution in [0.2, 0.25) is 0 Å². The van der Waals surface area contributed by atoms with Gasteiger partial charge in [0.2, 0.25) is 0 Å². The van der Waals surface area contributed by atoms with Crippen LogP contribution in [0.4, 0.5) is 0 Å². The van der Waals surface area contributed by atoms with E-state index in [0.29, 0.717) is 28.3 Å². The number of nitrogens with zero attached hydrogens (tertiary/aromatic N) is 2. The number of dihydropyridines is 1. The highest BCUT2D eigenvalue weighted by Gasteiger charge is 2.38. The number of hydrogen-bond donors (Lipinski definition) is 2. The minimum absolute atomic E-state index is 0.0409. The fourth-order valence-corrected chi connectivity index (χ4v) is 5.30. The van der Waals surface area contributed by atoms with Crippen LogP contribution >= 0.6 is 0 Å². The molecule has 0 fully saturated rings. The Kier molecular flexibility index (Phi) is 7.72. The van der Waals surface area contributed by atoms with Crippen LogP contribution in [0.1, 0.15) is 49.7 Å². The van der Waals surface area contributed by atoms with Gasteiger partial charge in [0, 0.05) is 23.8 Å². The van der Waals surface area contributed by atoms with Crippen molar-refractivity contribution in [1.29, 1.82) is 0 Å². The molecule has 1 aromatic carbocycles. The first kappa shape index (κ1) is 26.7. The Labute approximate surface area is 220 Å². The molecule has 3 heterocycles. The highest BCUT2D eigenvalue weighted by atomic mass is 32.2. The number of benzene rings is 1. The van der Waals surface area contributed by atoms with Crippen LogP contribution < -0.4 is 5.32 Å². The molecule has 2 aromatic heterocycles. The monoisotopic (exact) mass is 533 g/mol. The van der Waals surface area contributed by atoms with Gasteiger partial charge in [0.05, 0.1) is 39.1 Å². The summed E-state index contributed by atoms with van der Waals surface area (Å²) < 4.78 is 30.6. The highest BCUT2D eigenvalue weighted by molar-refractivity contribution is 7.91. The Morgan fingerprint density at radius 2 is 1.47 bits per heavy atom. The molecule has 0 saturated heterocycles. The number of rotatable bonds is 8. The molecule has 0 aliphatic carbocycles. The summed E-state index contributed by atoms with van der Waals surface area (Å²) in [5.41, 5.74) is 2.20. The molecule has 1 aliphatic heterocycles. The molecule has 0 bridgehead atoms. The molecule has 1 unspecified atom stereocenters. The first-order valence-electron chi connectivity index (χ1n) is 11.9. The molecule has 1 aliphatic rings. The number of ether oxygens (including phenoxy) is 1. The van der Waals surface area contributed by atoms with E-state index in [0.717, 1.165) is 0 Å². The Morgan fingerprint density at radius 1 is 0.921 bits per heavy atom. The van der Waals surface area contributed by atoms with E-state index in [-0.39, 0.29) is 21.8 Å². The number of carboxylic acids is 1. The number of carboxylic acid groups (broad SMARTS) is 1. The molecule has 2 N–H and O–H groups in total. The standard InChI is InChI=1S/C28H27N3O6S/c1-4-38(35,36)20-13-11-19(12-14-20)25-23(27(32)33)17(2)31-18(3)24(25)28(34)37-26(21-9-5-7-15-29-21)22-10-6-8-16-30-22/h5-16,25-26,31H,4H2,1-3H3,(H,32,33). The summed E-state index contributed by atoms with van der Waals surface area (Å²) in [6.07, 6.45) is 2.22. The molecule has 4 rings (SSSR count). The molecular weight excluding hydrogens is 506 g/mol. The van der Waals surface area contributed by atoms with Crippen LogP contribution in [-0.4, -0.2) is 41.2 Å². The maximum Gasteiger partial charge on any atom is 0.337 e. The van der Waals surface area contributed by atoms with E-state index in [9.17, 15) is 23.1 Å². The Bertz CT molecular complexity index is 1480. The Balaban J connectivity index is 1.79. The predicted octanol–water partition coefficient (Wildman–Crippen LogP) is 3.92. The molecule has 10 heteroatoms. The third-order valence-electron chi connectivity index (χ3n) is 6.30. The molecule has 1 atom stereocenters. The van der Waals surface area contributed by atoms with E-state index in [4.69, 9.17) is 4.74 Å². The van der Waals surface area contributed by atoms with E-state index in [2.05, 4.69) is 15.3 Å². The lowest BCUT2D eigenvalue weighted by atomic mass is 9.80. The van der Waals surface area contributed by atoms with Crippen molar-refractivity contribution in [2.24, 2.45) is 0 Å². The molecule has 9 nitrogen and oxygen atoms in total. The number of aliphatic carboxylic acids is 1. The summed E-state index contributed by atoms with van der Waals surface area (Å²) in [5, 5.41) is 13.1. The summed E-state index contributed by atoms with van der Waals surface area (Å²) in [5.74, 6) is -3.04. The SMILES string of the molecule is CCS(=O)(=O)c1ccc(C2C(C(=O)O)=C(C)NC(C)=C2C(=O)OC(c2ccccn2)c2ccccn2)cc1. The van der Waals surface area contributed by atoms with Crippen molar-refractivity contribution in [2.45, 2.75) is 37.7 Å². The number of hydrogen-bond acceptors (Lipinski definition) is 8. The van der Waals surface area contributed by atoms with Gasteiger partial charge in [-0.2, -0.15) is 0 Å². The van der Waals surface area contributed by atoms with Crippen molar-refractivity contribution in [1.82, 2.24) is 15.3 Å². The molecule has 3 aromatic rings. The first-order chi connectivity index (χ1) is 18.1. The second kappa shape index (κ2) is 11.0. The van der Waals surface area contributed by atoms with Gasteiger partial charge in [0.15, 0.2) is 15.9 Å². The van der Waals surface area contributed by atoms with Gasteiger partial charge in [-0.25, -0.2) is 18.0 Å². The Hall–Kier alpha value is -4.31. The molecule has 0 saturated carbocycles. The van der Waals surface area contributed by atoms with Crippen molar-refractivity contribution < 1.29 is 27.9 Å². The number of aromatic nitrogens is 2. The average Bonchev–Trinajstić information content (AvgIpc) is 2.92. The molecule has 38 heavy (non-hydrogen) atoms. The van der Waals surface area contributed by atoms with Gasteiger partial charge in [-0.1, -0.05) is 31.2 Å². The van der Waals surface area contributed by atoms with Crippen LogP contribution in [0.25, 0.3) is 0 Å². The van der Waals surface area contributed by atoms with Crippen molar-refractivity contribution in [3.63, 3.8) is 0 Å². The fraction of sp³-hybridized carbons (Fsp3) is 0.214. The molecule has 0 radical (unpaired) electrons. The van der Waals surface area contributed by atoms with Gasteiger partial charge in [-0.05, 0) is 55.8 Å². The van der Waals surface area contributed by atoms with E-state index in [1.165, 1.54) is 24.3 Å². The van der Waals surface area contributed by atoms with Crippen LogP contribution in [0.15, 0.2) is 100 Å². The number of carbonyl (C=O) groups excluding carboxylic acids is 1. The minimum atomic E-state index is -3.46. The lowest BCUT2D eigenvalue weighted by Gasteiger charge is -2.30. The van der Waals surface area contributed by atoms with Crippen LogP contribution in [-0.2, 0) is 24.2 Å². The van der Waals surface area contributed by atoms with Crippen molar-refractivity contribution in [2.75, 3.05) is 5.75 Å². The number of allylic oxidation sites excluding steroid dienone is 2. The molecule has 196 valence electrons. The first-order valence-corrected chi connectivity index (χ1v) is 13.6. The molecule has 0 spiro atoms. The number of carbonyl (C=O) groups is 2. The average molecular weight is 534 g/mol. The summed E-state index contributed by atoms with van der Waals surface area (Å²) in [6.45, 7) is 4.82. The summed E-state index contributed by atoms with van der Waals surface area (Å²) >= 11 is 0. The summed E-state index contributed by atoms with van der Waals surface area (Å²) in [4.78, 5) is 35.0. The highest BCUT2D eigenvalue weighted by Crippen LogP contribution is 2.40. The topological polar surface area (TPSA) is 136 Å². The van der Waals surface area contributed by atoms with Crippen molar-refractivity contribution in [3.05, 3.63) is 113 Å². The van der Waals surface area contributed by atoms with E-state index in [1.54, 1.807) is 69.6 Å². The zero-order valence-corrected chi connectivity index (χ0v) is 21.9. The lowest BCUT2D eigenvalue weighted by molar-refractivity contribution is -0.143. The van der Waals surface area contributed by atoms with Gasteiger partial charge in [-0.3, -0.25) is 9.97 Å². The number of pyridine rings is 2. The van der Waals surface area contributed by atoms with E-state index in [1.807, 2.05) is 0 Å². The van der Waals surface area contributed by atoms with Gasteiger partial charge >= 0.3 is 11.9 Å². The maximum absolute atomic E-state index is 13.8. The summed E-state index contributed by atoms with van der Waals surface area (Å²) in [7, 11) is -3.46. The molecule has 0 amide bonds. The van der Waals surface area contributed by atoms with Crippen LogP contribution in [0, 0.1) is 0 Å². The van der Waals surface area contributed by atoms with Crippen molar-refractivity contribution >= 4 is 21.8 Å². The third kappa shape index (κ3) is 5.35. The number of nitrogens with one attached hydrogen (secondary N) is 1. The minimum Gasteiger partial charge on any atom is -0.478 e. The maximum atomic E-state index is 13.8. The number of esters is 1. The van der Waals surface area contributed by atoms with Crippen molar-refractivity contribution in [3.8, 4) is 0 Å². The second-order valence-electron chi connectivity index (χ2n) is 8.71. The van der Waals surface area contributed by atoms with Gasteiger partial charge in [-0.15, -0.1) is 0 Å². The van der Waals surface area contributed by atoms with Gasteiger partial charge in [0.25, 0.3) is 0 Å². The lowest BCUT2D eigenvalue weighted by Crippen LogP contribution is -2.32. The second-order valence-corrected chi connectivity index (χ2v) is 11.0. The summed E-state index contributed by atoms with van der Waals surface area (Å²) in [6, 6.07) is 16.3. The van der Waals surface area contributed by atoms with Gasteiger partial charge < -0.3 is 15.2 Å². The molecular formula is C28H27N3O6S. The van der Waals surface area contributed by atoms with E-state index >= 15 is 0 Å². The van der Waals surface area contributed by atoms with Crippen LogP contribution in [0.5, 0.6) is 0 Å². The third-order valence-corrected chi connectivity index (χ3v) is 8.05. The van der Waals surface area contributed by atoms with E-state index < -0.39 is 33.8 Å². The van der Waals surface area contributed by atoms with Crippen LogP contribution in [0.3, 0.4) is 0 Å². The van der Waals surface area contributed by atoms with Gasteiger partial charge in [0.1, 0.15) is 0 Å². The number of sulfone groups is 1. The normalized spacial score (nSPS) is 15.8. The smallest absolute Gasteiger partial charge is 0.337 e.